The lowest BCUT2D eigenvalue weighted by Gasteiger charge is -2.44. The van der Waals surface area contributed by atoms with E-state index in [1.165, 1.54) is 14.0 Å². The molecule has 256 valence electrons. The zero-order valence-corrected chi connectivity index (χ0v) is 30.5. The van der Waals surface area contributed by atoms with Gasteiger partial charge in [0, 0.05) is 23.7 Å². The minimum Gasteiger partial charge on any atom is -0.493 e. The van der Waals surface area contributed by atoms with E-state index in [2.05, 4.69) is 26.6 Å². The van der Waals surface area contributed by atoms with Crippen LogP contribution in [0.4, 0.5) is 11.4 Å². The molecule has 1 fully saturated rings. The topological polar surface area (TPSA) is 114 Å². The van der Waals surface area contributed by atoms with E-state index in [4.69, 9.17) is 9.47 Å². The van der Waals surface area contributed by atoms with Crippen molar-refractivity contribution in [3.63, 3.8) is 0 Å². The van der Waals surface area contributed by atoms with Crippen LogP contribution in [-0.4, -0.2) is 35.4 Å². The number of ketones is 1. The summed E-state index contributed by atoms with van der Waals surface area (Å²) in [6.45, 7) is 11.4. The van der Waals surface area contributed by atoms with E-state index in [1.807, 2.05) is 95.3 Å². The molecule has 4 atom stereocenters. The van der Waals surface area contributed by atoms with Gasteiger partial charge in [0.25, 0.3) is 0 Å². The van der Waals surface area contributed by atoms with Gasteiger partial charge in [-0.3, -0.25) is 14.4 Å². The average Bonchev–Trinajstić information content (AvgIpc) is 3.03. The van der Waals surface area contributed by atoms with Gasteiger partial charge in [0.2, 0.25) is 11.8 Å². The number of halogens is 1. The minimum absolute atomic E-state index is 0.271. The summed E-state index contributed by atoms with van der Waals surface area (Å²) in [4.78, 5) is 42.6. The average molecular weight is 728 g/mol. The van der Waals surface area contributed by atoms with Gasteiger partial charge in [-0.2, -0.15) is 0 Å². The van der Waals surface area contributed by atoms with Crippen LogP contribution in [0.1, 0.15) is 58.2 Å². The molecular weight excluding hydrogens is 684 g/mol. The van der Waals surface area contributed by atoms with Crippen molar-refractivity contribution in [1.82, 2.24) is 0 Å². The summed E-state index contributed by atoms with van der Waals surface area (Å²) in [7, 11) is 1.50. The number of ether oxygens (including phenoxy) is 2. The first kappa shape index (κ1) is 35.8. The van der Waals surface area contributed by atoms with Gasteiger partial charge in [-0.15, -0.1) is 0 Å². The van der Waals surface area contributed by atoms with Gasteiger partial charge in [0.15, 0.2) is 11.5 Å². The zero-order chi connectivity index (χ0) is 35.6. The van der Waals surface area contributed by atoms with E-state index in [-0.39, 0.29) is 13.0 Å². The van der Waals surface area contributed by atoms with E-state index in [0.29, 0.717) is 32.9 Å². The second kappa shape index (κ2) is 14.6. The Labute approximate surface area is 296 Å². The molecule has 4 unspecified atom stereocenters. The number of anilines is 2. The first-order valence-electron chi connectivity index (χ1n) is 16.3. The highest BCUT2D eigenvalue weighted by Crippen LogP contribution is 2.49. The molecule has 0 radical (unpaired) electrons. The first-order chi connectivity index (χ1) is 23.2. The Morgan fingerprint density at radius 1 is 0.837 bits per heavy atom. The molecule has 1 aliphatic carbocycles. The first-order valence-corrected chi connectivity index (χ1v) is 17.0. The molecule has 2 amide bonds. The van der Waals surface area contributed by atoms with E-state index in [0.717, 1.165) is 33.4 Å². The molecule has 3 N–H and O–H groups in total. The lowest BCUT2D eigenvalue weighted by molar-refractivity contribution is -0.150. The van der Waals surface area contributed by atoms with Crippen molar-refractivity contribution in [2.45, 2.75) is 66.1 Å². The Hall–Kier alpha value is -4.47. The molecule has 1 saturated carbocycles. The predicted molar refractivity (Wildman–Crippen MR) is 195 cm³/mol. The normalized spacial score (nSPS) is 20.4. The molecule has 4 aromatic carbocycles. The van der Waals surface area contributed by atoms with E-state index in [1.54, 1.807) is 12.1 Å². The summed E-state index contributed by atoms with van der Waals surface area (Å²) in [6.07, 6.45) is -0.380. The minimum atomic E-state index is -1.78. The summed E-state index contributed by atoms with van der Waals surface area (Å²) < 4.78 is 12.5. The second-order valence-corrected chi connectivity index (χ2v) is 14.3. The lowest BCUT2D eigenvalue weighted by atomic mass is 9.61. The van der Waals surface area contributed by atoms with Gasteiger partial charge < -0.3 is 25.2 Å². The van der Waals surface area contributed by atoms with Gasteiger partial charge >= 0.3 is 0 Å². The van der Waals surface area contributed by atoms with E-state index >= 15 is 0 Å². The number of Topliss-reactive ketones (excluding diaryl/α,β-unsaturated/α-hetero) is 1. The highest BCUT2D eigenvalue weighted by Gasteiger charge is 2.56. The van der Waals surface area contributed by atoms with Gasteiger partial charge in [-0.25, -0.2) is 0 Å². The van der Waals surface area contributed by atoms with Crippen LogP contribution in [0.3, 0.4) is 0 Å². The number of carbonyl (C=O) groups is 3. The van der Waals surface area contributed by atoms with Gasteiger partial charge in [0.1, 0.15) is 18.3 Å². The number of benzene rings is 4. The molecule has 8 nitrogen and oxygen atoms in total. The second-order valence-electron chi connectivity index (χ2n) is 13.4. The summed E-state index contributed by atoms with van der Waals surface area (Å²) >= 11 is 3.64. The van der Waals surface area contributed by atoms with Crippen molar-refractivity contribution in [3.8, 4) is 11.5 Å². The SMILES string of the molecule is COc1cc(C2C(C(=O)Nc3cc(C)ccc3C)C(=O)CC(C)(O)C2C(=O)Nc2cc(C)ccc2C)cc(Br)c1OCc1ccc(C)cc1. The maximum Gasteiger partial charge on any atom is 0.235 e. The number of rotatable bonds is 9. The maximum absolute atomic E-state index is 14.4. The number of hydrogen-bond donors (Lipinski definition) is 3. The molecule has 4 aromatic rings. The largest absolute Gasteiger partial charge is 0.493 e. The number of methoxy groups -OCH3 is 1. The molecule has 5 rings (SSSR count). The third-order valence-electron chi connectivity index (χ3n) is 9.27. The molecule has 1 aliphatic rings. The molecule has 49 heavy (non-hydrogen) atoms. The number of amides is 2. The third kappa shape index (κ3) is 7.89. The Morgan fingerprint density at radius 3 is 1.96 bits per heavy atom. The third-order valence-corrected chi connectivity index (χ3v) is 9.86. The quantitative estimate of drug-likeness (QED) is 0.151. The Bertz CT molecular complexity index is 1900. The van der Waals surface area contributed by atoms with Crippen LogP contribution in [-0.2, 0) is 21.0 Å². The monoisotopic (exact) mass is 726 g/mol. The van der Waals surface area contributed by atoms with Crippen LogP contribution in [0.5, 0.6) is 11.5 Å². The van der Waals surface area contributed by atoms with Gasteiger partial charge in [0.05, 0.1) is 23.1 Å². The molecule has 0 saturated heterocycles. The molecule has 0 heterocycles. The zero-order valence-electron chi connectivity index (χ0n) is 28.9. The lowest BCUT2D eigenvalue weighted by Crippen LogP contribution is -2.56. The molecule has 0 bridgehead atoms. The van der Waals surface area contributed by atoms with Crippen molar-refractivity contribution in [2.24, 2.45) is 11.8 Å². The van der Waals surface area contributed by atoms with E-state index in [9.17, 15) is 19.5 Å². The van der Waals surface area contributed by atoms with Crippen LogP contribution >= 0.6 is 15.9 Å². The fourth-order valence-electron chi connectivity index (χ4n) is 6.57. The fraction of sp³-hybridized carbons (Fsp3) is 0.325. The van der Waals surface area contributed by atoms with Crippen LogP contribution in [0.2, 0.25) is 0 Å². The van der Waals surface area contributed by atoms with Crippen LogP contribution in [0.15, 0.2) is 77.3 Å². The van der Waals surface area contributed by atoms with Gasteiger partial charge in [-0.1, -0.05) is 54.1 Å². The summed E-state index contributed by atoms with van der Waals surface area (Å²) in [6, 6.07) is 22.8. The Kier molecular flexibility index (Phi) is 10.6. The highest BCUT2D eigenvalue weighted by molar-refractivity contribution is 9.10. The maximum atomic E-state index is 14.4. The predicted octanol–water partition coefficient (Wildman–Crippen LogP) is 7.90. The number of carbonyl (C=O) groups excluding carboxylic acids is 3. The van der Waals surface area contributed by atoms with Crippen molar-refractivity contribution >= 4 is 44.9 Å². The van der Waals surface area contributed by atoms with Crippen molar-refractivity contribution in [3.05, 3.63) is 116 Å². The van der Waals surface area contributed by atoms with Crippen molar-refractivity contribution in [2.75, 3.05) is 17.7 Å². The molecule has 0 aromatic heterocycles. The Morgan fingerprint density at radius 2 is 1.39 bits per heavy atom. The van der Waals surface area contributed by atoms with Gasteiger partial charge in [-0.05, 0) is 115 Å². The fourth-order valence-corrected chi connectivity index (χ4v) is 7.14. The summed E-state index contributed by atoms with van der Waals surface area (Å²) in [5.74, 6) is -4.33. The van der Waals surface area contributed by atoms with Crippen molar-refractivity contribution < 1.29 is 29.0 Å². The van der Waals surface area contributed by atoms with Crippen LogP contribution < -0.4 is 20.1 Å². The smallest absolute Gasteiger partial charge is 0.235 e. The molecular formula is C40H43BrN2O6. The van der Waals surface area contributed by atoms with Crippen LogP contribution in [0, 0.1) is 46.5 Å². The van der Waals surface area contributed by atoms with Crippen LogP contribution in [0.25, 0.3) is 0 Å². The number of aryl methyl sites for hydroxylation is 5. The number of aliphatic hydroxyl groups is 1. The van der Waals surface area contributed by atoms with Crippen molar-refractivity contribution in [1.29, 1.82) is 0 Å². The number of hydrogen-bond acceptors (Lipinski definition) is 6. The highest BCUT2D eigenvalue weighted by atomic mass is 79.9. The molecule has 9 heteroatoms. The van der Waals surface area contributed by atoms with E-state index < -0.39 is 41.0 Å². The summed E-state index contributed by atoms with van der Waals surface area (Å²) in [5, 5.41) is 17.8. The summed E-state index contributed by atoms with van der Waals surface area (Å²) in [5.41, 5.74) is 5.50. The standard InChI is InChI=1S/C40H43BrN2O6/c1-22-10-14-27(15-11-22)21-49-37-29(41)18-28(19-33(37)48-7)34-35(38(45)42-30-16-23(2)8-12-25(30)4)32(44)20-40(6,47)36(34)39(46)43-31-17-24(3)9-13-26(31)5/h8-19,34-36,47H,20-21H2,1-7H3,(H,42,45)(H,43,46). The number of nitrogens with one attached hydrogen (secondary N) is 2. The molecule has 0 aliphatic heterocycles. The Balaban J connectivity index is 1.61. The molecule has 0 spiro atoms.